The fraction of sp³-hybridized carbons (Fsp3) is 0.200. The molecule has 0 bridgehead atoms. The number of pyridine rings is 1. The third-order valence-corrected chi connectivity index (χ3v) is 4.74. The molecule has 24 heavy (non-hydrogen) atoms. The first-order valence-corrected chi connectivity index (χ1v) is 8.35. The topological polar surface area (TPSA) is 30.2 Å². The number of rotatable bonds is 1. The van der Waals surface area contributed by atoms with Gasteiger partial charge in [-0.2, -0.15) is 0 Å². The molecule has 0 fully saturated rings. The van der Waals surface area contributed by atoms with Gasteiger partial charge in [0.1, 0.15) is 11.3 Å². The zero-order valence-electron chi connectivity index (χ0n) is 14.2. The summed E-state index contributed by atoms with van der Waals surface area (Å²) in [6.45, 7) is 8.33. The summed E-state index contributed by atoms with van der Waals surface area (Å²) in [4.78, 5) is 8.86. The van der Waals surface area contributed by atoms with Crippen LogP contribution in [0.3, 0.4) is 0 Å². The maximum absolute atomic E-state index is 6.39. The first-order chi connectivity index (χ1) is 11.5. The Bertz CT molecular complexity index is 1090. The van der Waals surface area contributed by atoms with E-state index in [1.54, 1.807) is 0 Å². The van der Waals surface area contributed by atoms with Crippen molar-refractivity contribution in [2.75, 3.05) is 0 Å². The molecule has 0 spiro atoms. The number of hydrogen-bond donors (Lipinski definition) is 0. The van der Waals surface area contributed by atoms with Crippen LogP contribution in [-0.2, 0) is 0 Å². The van der Waals surface area contributed by atoms with Crippen molar-refractivity contribution in [3.63, 3.8) is 0 Å². The van der Waals surface area contributed by atoms with Crippen LogP contribution >= 0.6 is 11.6 Å². The van der Waals surface area contributed by atoms with Gasteiger partial charge in [-0.15, -0.1) is 0 Å². The van der Waals surface area contributed by atoms with Crippen LogP contribution in [0.5, 0.6) is 0 Å². The minimum Gasteiger partial charge on any atom is -0.312 e. The summed E-state index contributed by atoms with van der Waals surface area (Å²) in [6, 6.07) is 10.8. The van der Waals surface area contributed by atoms with Gasteiger partial charge in [0.25, 0.3) is 0 Å². The van der Waals surface area contributed by atoms with Crippen molar-refractivity contribution in [3.8, 4) is 11.1 Å². The van der Waals surface area contributed by atoms with E-state index in [4.69, 9.17) is 11.6 Å². The van der Waals surface area contributed by atoms with Gasteiger partial charge >= 0.3 is 0 Å². The number of aryl methyl sites for hydroxylation is 4. The fourth-order valence-electron chi connectivity index (χ4n) is 3.69. The van der Waals surface area contributed by atoms with Crippen molar-refractivity contribution in [2.45, 2.75) is 27.7 Å². The highest BCUT2D eigenvalue weighted by Gasteiger charge is 2.15. The summed E-state index contributed by atoms with van der Waals surface area (Å²) >= 11 is 6.39. The van der Waals surface area contributed by atoms with Gasteiger partial charge in [-0.05, 0) is 56.5 Å². The van der Waals surface area contributed by atoms with E-state index < -0.39 is 0 Å². The molecule has 3 aromatic heterocycles. The summed E-state index contributed by atoms with van der Waals surface area (Å²) in [5.74, 6) is 0.688. The van der Waals surface area contributed by atoms with Gasteiger partial charge in [0.15, 0.2) is 5.15 Å². The SMILES string of the molecule is Cc1cc(C)c(-c2cccn3c2cc2nc(C)nc(Cl)c23)c(C)c1. The Hall–Kier alpha value is -2.39. The molecule has 0 aliphatic heterocycles. The molecule has 3 heterocycles. The summed E-state index contributed by atoms with van der Waals surface area (Å²) in [6.07, 6.45) is 2.02. The van der Waals surface area contributed by atoms with E-state index >= 15 is 0 Å². The summed E-state index contributed by atoms with van der Waals surface area (Å²) in [5.41, 5.74) is 9.14. The molecule has 4 rings (SSSR count). The first kappa shape index (κ1) is 15.2. The fourth-order valence-corrected chi connectivity index (χ4v) is 4.00. The highest BCUT2D eigenvalue weighted by atomic mass is 35.5. The second-order valence-corrected chi connectivity index (χ2v) is 6.75. The minimum atomic E-state index is 0.493. The van der Waals surface area contributed by atoms with E-state index in [1.165, 1.54) is 27.8 Å². The van der Waals surface area contributed by atoms with Crippen LogP contribution in [0.4, 0.5) is 0 Å². The average molecular weight is 336 g/mol. The van der Waals surface area contributed by atoms with Crippen LogP contribution in [0.25, 0.3) is 27.7 Å². The van der Waals surface area contributed by atoms with Gasteiger partial charge in [0.2, 0.25) is 0 Å². The maximum Gasteiger partial charge on any atom is 0.157 e. The van der Waals surface area contributed by atoms with Crippen molar-refractivity contribution in [3.05, 3.63) is 64.2 Å². The summed E-state index contributed by atoms with van der Waals surface area (Å²) < 4.78 is 2.09. The molecule has 0 aliphatic rings. The third-order valence-electron chi connectivity index (χ3n) is 4.47. The van der Waals surface area contributed by atoms with E-state index in [0.717, 1.165) is 16.6 Å². The van der Waals surface area contributed by atoms with Crippen LogP contribution < -0.4 is 0 Å². The number of halogens is 1. The second kappa shape index (κ2) is 5.32. The van der Waals surface area contributed by atoms with Gasteiger partial charge in [0, 0.05) is 11.8 Å². The lowest BCUT2D eigenvalue weighted by molar-refractivity contribution is 1.08. The third kappa shape index (κ3) is 2.20. The van der Waals surface area contributed by atoms with E-state index in [2.05, 4.69) is 65.5 Å². The van der Waals surface area contributed by atoms with Gasteiger partial charge in [0.05, 0.1) is 11.0 Å². The van der Waals surface area contributed by atoms with E-state index in [9.17, 15) is 0 Å². The quantitative estimate of drug-likeness (QED) is 0.434. The molecule has 120 valence electrons. The van der Waals surface area contributed by atoms with Crippen molar-refractivity contribution < 1.29 is 0 Å². The van der Waals surface area contributed by atoms with Gasteiger partial charge in [-0.1, -0.05) is 35.4 Å². The smallest absolute Gasteiger partial charge is 0.157 e. The van der Waals surface area contributed by atoms with Crippen LogP contribution in [0, 0.1) is 27.7 Å². The molecule has 0 radical (unpaired) electrons. The first-order valence-electron chi connectivity index (χ1n) is 7.98. The lowest BCUT2D eigenvalue weighted by Gasteiger charge is -2.13. The number of benzene rings is 1. The standard InChI is InChI=1S/C20H18ClN3/c1-11-8-12(2)18(13(3)9-11)15-6-5-7-24-17(15)10-16-19(24)20(21)23-14(4)22-16/h5-10H,1-4H3. The maximum atomic E-state index is 6.39. The number of nitrogens with zero attached hydrogens (tertiary/aromatic N) is 3. The van der Waals surface area contributed by atoms with Crippen molar-refractivity contribution >= 4 is 28.2 Å². The Morgan fingerprint density at radius 2 is 1.67 bits per heavy atom. The second-order valence-electron chi connectivity index (χ2n) is 6.39. The van der Waals surface area contributed by atoms with Crippen molar-refractivity contribution in [1.29, 1.82) is 0 Å². The van der Waals surface area contributed by atoms with Gasteiger partial charge in [-0.25, -0.2) is 9.97 Å². The van der Waals surface area contributed by atoms with Gasteiger partial charge < -0.3 is 4.40 Å². The number of aromatic nitrogens is 3. The highest BCUT2D eigenvalue weighted by molar-refractivity contribution is 6.34. The Labute approximate surface area is 145 Å². The zero-order valence-corrected chi connectivity index (χ0v) is 14.9. The Morgan fingerprint density at radius 3 is 2.38 bits per heavy atom. The predicted molar refractivity (Wildman–Crippen MR) is 99.9 cm³/mol. The molecular weight excluding hydrogens is 318 g/mol. The molecule has 0 atom stereocenters. The minimum absolute atomic E-state index is 0.493. The van der Waals surface area contributed by atoms with Crippen LogP contribution in [0.1, 0.15) is 22.5 Å². The predicted octanol–water partition coefficient (Wildman–Crippen LogP) is 5.44. The monoisotopic (exact) mass is 335 g/mol. The zero-order chi connectivity index (χ0) is 17.0. The molecule has 3 nitrogen and oxygen atoms in total. The van der Waals surface area contributed by atoms with E-state index in [0.29, 0.717) is 11.0 Å². The molecule has 4 aromatic rings. The van der Waals surface area contributed by atoms with Crippen LogP contribution in [0.15, 0.2) is 36.5 Å². The number of fused-ring (bicyclic) bond motifs is 3. The lowest BCUT2D eigenvalue weighted by atomic mass is 9.94. The molecule has 1 aromatic carbocycles. The van der Waals surface area contributed by atoms with Crippen LogP contribution in [-0.4, -0.2) is 14.4 Å². The summed E-state index contributed by atoms with van der Waals surface area (Å²) in [5, 5.41) is 0.493. The van der Waals surface area contributed by atoms with Crippen molar-refractivity contribution in [1.82, 2.24) is 14.4 Å². The number of hydrogen-bond acceptors (Lipinski definition) is 2. The van der Waals surface area contributed by atoms with Crippen molar-refractivity contribution in [2.24, 2.45) is 0 Å². The largest absolute Gasteiger partial charge is 0.312 e. The Morgan fingerprint density at radius 1 is 0.958 bits per heavy atom. The molecular formula is C20H18ClN3. The molecule has 0 aliphatic carbocycles. The molecule has 4 heteroatoms. The summed E-state index contributed by atoms with van der Waals surface area (Å²) in [7, 11) is 0. The van der Waals surface area contributed by atoms with Gasteiger partial charge in [-0.3, -0.25) is 0 Å². The molecule has 0 saturated carbocycles. The lowest BCUT2D eigenvalue weighted by Crippen LogP contribution is -1.94. The molecule has 0 amide bonds. The molecule has 0 N–H and O–H groups in total. The highest BCUT2D eigenvalue weighted by Crippen LogP contribution is 2.35. The van der Waals surface area contributed by atoms with Crippen LogP contribution in [0.2, 0.25) is 5.15 Å². The van der Waals surface area contributed by atoms with E-state index in [-0.39, 0.29) is 0 Å². The Balaban J connectivity index is 2.14. The average Bonchev–Trinajstić information content (AvgIpc) is 2.85. The molecule has 0 saturated heterocycles. The molecule has 0 unspecified atom stereocenters. The van der Waals surface area contributed by atoms with E-state index in [1.807, 2.05) is 13.1 Å². The normalized spacial score (nSPS) is 11.5. The Kier molecular flexibility index (Phi) is 3.36.